The fourth-order valence-electron chi connectivity index (χ4n) is 2.35. The quantitative estimate of drug-likeness (QED) is 0.686. The number of anilines is 2. The van der Waals surface area contributed by atoms with Gasteiger partial charge in [0.2, 0.25) is 0 Å². The highest BCUT2D eigenvalue weighted by atomic mass is 32.1. The minimum atomic E-state index is 0.0321. The van der Waals surface area contributed by atoms with Crippen molar-refractivity contribution < 1.29 is 4.79 Å². The largest absolute Gasteiger partial charge is 0.332 e. The number of aromatic nitrogens is 1. The molecule has 0 amide bonds. The van der Waals surface area contributed by atoms with Gasteiger partial charge in [-0.1, -0.05) is 30.3 Å². The Kier molecular flexibility index (Phi) is 5.03. The number of carbonyl (C=O) groups is 1. The molecule has 0 aliphatic carbocycles. The second kappa shape index (κ2) is 7.38. The fraction of sp³-hybridized carbons (Fsp3) is 0.158. The molecule has 1 N–H and O–H groups in total. The van der Waals surface area contributed by atoms with Gasteiger partial charge in [-0.3, -0.25) is 4.79 Å². The lowest BCUT2D eigenvalue weighted by Gasteiger charge is -2.06. The summed E-state index contributed by atoms with van der Waals surface area (Å²) in [7, 11) is 4.05. The Morgan fingerprint density at radius 3 is 2.38 bits per heavy atom. The highest BCUT2D eigenvalue weighted by Crippen LogP contribution is 2.22. The molecule has 0 radical (unpaired) electrons. The first-order chi connectivity index (χ1) is 11.6. The first-order valence-corrected chi connectivity index (χ1v) is 8.56. The monoisotopic (exact) mass is 337 g/mol. The van der Waals surface area contributed by atoms with Gasteiger partial charge in [-0.05, 0) is 38.4 Å². The van der Waals surface area contributed by atoms with Crippen LogP contribution in [0.25, 0.3) is 0 Å². The van der Waals surface area contributed by atoms with E-state index >= 15 is 0 Å². The van der Waals surface area contributed by atoms with Crippen molar-refractivity contribution in [3.05, 3.63) is 76.8 Å². The molecule has 3 rings (SSSR count). The maximum absolute atomic E-state index is 12.4. The number of nitrogens with one attached hydrogen (secondary N) is 1. The van der Waals surface area contributed by atoms with E-state index in [4.69, 9.17) is 0 Å². The summed E-state index contributed by atoms with van der Waals surface area (Å²) in [4.78, 5) is 19.0. The molecule has 0 bridgehead atoms. The van der Waals surface area contributed by atoms with E-state index in [1.54, 1.807) is 11.3 Å². The van der Waals surface area contributed by atoms with Crippen LogP contribution in [-0.2, 0) is 6.54 Å². The molecule has 0 fully saturated rings. The number of benzene rings is 2. The molecule has 0 aliphatic rings. The number of carbonyl (C=O) groups excluding carboxylic acids is 1. The smallest absolute Gasteiger partial charge is 0.193 e. The highest BCUT2D eigenvalue weighted by Gasteiger charge is 2.09. The summed E-state index contributed by atoms with van der Waals surface area (Å²) >= 11 is 1.58. The van der Waals surface area contributed by atoms with E-state index in [1.165, 1.54) is 0 Å². The summed E-state index contributed by atoms with van der Waals surface area (Å²) < 4.78 is 0. The van der Waals surface area contributed by atoms with Gasteiger partial charge in [0.1, 0.15) is 0 Å². The summed E-state index contributed by atoms with van der Waals surface area (Å²) in [6.45, 7) is 0.822. The maximum atomic E-state index is 12.4. The predicted octanol–water partition coefficient (Wildman–Crippen LogP) is 4.18. The van der Waals surface area contributed by atoms with E-state index in [2.05, 4.69) is 20.6 Å². The molecule has 0 unspecified atom stereocenters. The third-order valence-electron chi connectivity index (χ3n) is 3.46. The van der Waals surface area contributed by atoms with Crippen LogP contribution in [0.4, 0.5) is 10.8 Å². The van der Waals surface area contributed by atoms with E-state index in [9.17, 15) is 4.79 Å². The first kappa shape index (κ1) is 16.4. The average molecular weight is 337 g/mol. The van der Waals surface area contributed by atoms with Gasteiger partial charge in [0.05, 0.1) is 5.69 Å². The zero-order valence-corrected chi connectivity index (χ0v) is 14.5. The predicted molar refractivity (Wildman–Crippen MR) is 99.1 cm³/mol. The maximum Gasteiger partial charge on any atom is 0.193 e. The summed E-state index contributed by atoms with van der Waals surface area (Å²) in [5.41, 5.74) is 3.35. The SMILES string of the molecule is CN(C)Cc1csc(Nc2ccc(C(=O)c3ccccc3)cc2)n1. The molecule has 1 heterocycles. The summed E-state index contributed by atoms with van der Waals surface area (Å²) in [6, 6.07) is 16.8. The van der Waals surface area contributed by atoms with Gasteiger partial charge in [0.25, 0.3) is 0 Å². The molecule has 1 aromatic heterocycles. The topological polar surface area (TPSA) is 45.2 Å². The molecule has 0 aliphatic heterocycles. The van der Waals surface area contributed by atoms with Crippen molar-refractivity contribution in [1.29, 1.82) is 0 Å². The van der Waals surface area contributed by atoms with Gasteiger partial charge in [-0.25, -0.2) is 4.98 Å². The van der Waals surface area contributed by atoms with E-state index in [-0.39, 0.29) is 5.78 Å². The molecule has 122 valence electrons. The summed E-state index contributed by atoms with van der Waals surface area (Å²) in [5, 5.41) is 6.19. The van der Waals surface area contributed by atoms with Gasteiger partial charge in [-0.15, -0.1) is 11.3 Å². The van der Waals surface area contributed by atoms with Crippen LogP contribution in [-0.4, -0.2) is 29.8 Å². The van der Waals surface area contributed by atoms with Gasteiger partial charge in [0, 0.05) is 28.7 Å². The van der Waals surface area contributed by atoms with Crippen molar-refractivity contribution in [2.45, 2.75) is 6.54 Å². The molecule has 3 aromatic rings. The van der Waals surface area contributed by atoms with Crippen LogP contribution in [0.15, 0.2) is 60.0 Å². The molecule has 0 saturated carbocycles. The molecule has 24 heavy (non-hydrogen) atoms. The second-order valence-corrected chi connectivity index (χ2v) is 6.64. The Bertz CT molecular complexity index is 810. The Balaban J connectivity index is 1.68. The van der Waals surface area contributed by atoms with Crippen LogP contribution in [0, 0.1) is 0 Å². The Morgan fingerprint density at radius 2 is 1.71 bits per heavy atom. The Labute approximate surface area is 145 Å². The lowest BCUT2D eigenvalue weighted by Crippen LogP contribution is -2.10. The lowest BCUT2D eigenvalue weighted by atomic mass is 10.0. The van der Waals surface area contributed by atoms with E-state index in [0.29, 0.717) is 11.1 Å². The molecule has 4 nitrogen and oxygen atoms in total. The van der Waals surface area contributed by atoms with Crippen molar-refractivity contribution in [3.8, 4) is 0 Å². The Morgan fingerprint density at radius 1 is 1.04 bits per heavy atom. The molecule has 5 heteroatoms. The van der Waals surface area contributed by atoms with Crippen LogP contribution < -0.4 is 5.32 Å². The van der Waals surface area contributed by atoms with Gasteiger partial charge in [-0.2, -0.15) is 0 Å². The van der Waals surface area contributed by atoms with Gasteiger partial charge < -0.3 is 10.2 Å². The molecular formula is C19H19N3OS. The zero-order valence-electron chi connectivity index (χ0n) is 13.7. The average Bonchev–Trinajstić information content (AvgIpc) is 3.02. The van der Waals surface area contributed by atoms with Crippen LogP contribution in [0.5, 0.6) is 0 Å². The molecule has 0 spiro atoms. The Hall–Kier alpha value is -2.50. The highest BCUT2D eigenvalue weighted by molar-refractivity contribution is 7.13. The van der Waals surface area contributed by atoms with Crippen molar-refractivity contribution in [1.82, 2.24) is 9.88 Å². The number of nitrogens with zero attached hydrogens (tertiary/aromatic N) is 2. The molecule has 2 aromatic carbocycles. The van der Waals surface area contributed by atoms with Crippen molar-refractivity contribution in [3.63, 3.8) is 0 Å². The minimum absolute atomic E-state index is 0.0321. The van der Waals surface area contributed by atoms with E-state index < -0.39 is 0 Å². The van der Waals surface area contributed by atoms with Crippen LogP contribution in [0.2, 0.25) is 0 Å². The number of ketones is 1. The fourth-order valence-corrected chi connectivity index (χ4v) is 3.07. The standard InChI is InChI=1S/C19H19N3OS/c1-22(2)12-17-13-24-19(21-17)20-16-10-8-15(9-11-16)18(23)14-6-4-3-5-7-14/h3-11,13H,12H2,1-2H3,(H,20,21). The molecule has 0 atom stereocenters. The van der Waals surface area contributed by atoms with Crippen LogP contribution in [0.1, 0.15) is 21.6 Å². The van der Waals surface area contributed by atoms with Gasteiger partial charge in [0.15, 0.2) is 10.9 Å². The van der Waals surface area contributed by atoms with Crippen molar-refractivity contribution in [2.75, 3.05) is 19.4 Å². The minimum Gasteiger partial charge on any atom is -0.332 e. The van der Waals surface area contributed by atoms with Crippen LogP contribution >= 0.6 is 11.3 Å². The van der Waals surface area contributed by atoms with Crippen LogP contribution in [0.3, 0.4) is 0 Å². The summed E-state index contributed by atoms with van der Waals surface area (Å²) in [5.74, 6) is 0.0321. The summed E-state index contributed by atoms with van der Waals surface area (Å²) in [6.07, 6.45) is 0. The number of thiazole rings is 1. The normalized spacial score (nSPS) is 10.8. The number of hydrogen-bond donors (Lipinski definition) is 1. The molecular weight excluding hydrogens is 318 g/mol. The number of rotatable bonds is 6. The van der Waals surface area contributed by atoms with Crippen molar-refractivity contribution >= 4 is 27.9 Å². The van der Waals surface area contributed by atoms with E-state index in [0.717, 1.165) is 23.1 Å². The lowest BCUT2D eigenvalue weighted by molar-refractivity contribution is 0.103. The van der Waals surface area contributed by atoms with Crippen molar-refractivity contribution in [2.24, 2.45) is 0 Å². The van der Waals surface area contributed by atoms with E-state index in [1.807, 2.05) is 68.7 Å². The third-order valence-corrected chi connectivity index (χ3v) is 4.27. The third kappa shape index (κ3) is 4.07. The zero-order chi connectivity index (χ0) is 16.9. The van der Waals surface area contributed by atoms with Gasteiger partial charge >= 0.3 is 0 Å². The first-order valence-electron chi connectivity index (χ1n) is 7.68. The second-order valence-electron chi connectivity index (χ2n) is 5.78. The molecule has 0 saturated heterocycles. The number of hydrogen-bond acceptors (Lipinski definition) is 5.